The Hall–Kier alpha value is -12.6. The number of carbonyl (C=O) groups is 16. The molecule has 11 amide bonds. The predicted molar refractivity (Wildman–Crippen MR) is 384 cm³/mol. The fourth-order valence-electron chi connectivity index (χ4n) is 11.4. The van der Waals surface area contributed by atoms with Crippen molar-refractivity contribution in [2.45, 2.75) is 165 Å². The molecule has 0 fully saturated rings. The number of nitrogens with one attached hydrogen (secondary N) is 11. The molecule has 0 aliphatic carbocycles. The maximum absolute atomic E-state index is 14.6. The van der Waals surface area contributed by atoms with Gasteiger partial charge in [-0.05, 0) is 86.8 Å². The highest BCUT2D eigenvalue weighted by atomic mass is 16.4. The van der Waals surface area contributed by atoms with E-state index in [9.17, 15) is 107 Å². The van der Waals surface area contributed by atoms with Crippen LogP contribution in [0.1, 0.15) is 114 Å². The van der Waals surface area contributed by atoms with Gasteiger partial charge in [-0.3, -0.25) is 76.7 Å². The highest BCUT2D eigenvalue weighted by Gasteiger charge is 2.38. The second kappa shape index (κ2) is 40.6. The number of amides is 11. The molecule has 0 spiro atoms. The Morgan fingerprint density at radius 1 is 0.491 bits per heavy atom. The number of benzene rings is 4. The third-order valence-electron chi connectivity index (χ3n) is 17.1. The van der Waals surface area contributed by atoms with E-state index in [4.69, 9.17) is 10.7 Å². The van der Waals surface area contributed by atoms with Crippen molar-refractivity contribution < 1.29 is 107 Å². The summed E-state index contributed by atoms with van der Waals surface area (Å²) in [5.41, 5.74) is 9.73. The zero-order chi connectivity index (χ0) is 79.5. The zero-order valence-electron chi connectivity index (χ0n) is 59.3. The van der Waals surface area contributed by atoms with E-state index < -0.39 is 226 Å². The van der Waals surface area contributed by atoms with Crippen molar-refractivity contribution in [2.24, 2.45) is 16.6 Å². The van der Waals surface area contributed by atoms with Crippen molar-refractivity contribution >= 4 is 117 Å². The molecule has 0 saturated heterocycles. The van der Waals surface area contributed by atoms with Gasteiger partial charge in [0.15, 0.2) is 0 Å². The van der Waals surface area contributed by atoms with Crippen LogP contribution in [-0.4, -0.2) is 210 Å². The smallest absolute Gasteiger partial charge is 0.303 e. The van der Waals surface area contributed by atoms with Crippen molar-refractivity contribution in [3.8, 4) is 5.75 Å². The van der Waals surface area contributed by atoms with Crippen molar-refractivity contribution in [2.75, 3.05) is 18.5 Å². The SMILES string of the molecule is CC(C)C[C@H](N)C(=O)N[C@@H](CCC(=O)O)C(=O)N[C@@H](CCC(=O)O)C(=O)N[C@@H](CCC(=O)O)C(=O)N[C@@H](CCC(=O)O)C(=O)N[C@@H](CCC(=O)O)C(=O)N[C@@H](C)C(=O)N[C@@H](Cc1ccc(O)cc1)C(=O)NCC(=O)N[C@@H](Cc1c[nH]c2ccccc12)C(=O)NC1N=C(c2ccccc2)c2ccccc2N(C)C1=O. The molecule has 0 saturated carbocycles. The van der Waals surface area contributed by atoms with Crippen LogP contribution in [0.3, 0.4) is 0 Å². The number of aliphatic imine (C=N–C) groups is 1. The number of likely N-dealkylation sites (N-methyl/N-ethyl adjacent to an activating group) is 1. The topological polar surface area (TPSA) is 572 Å². The number of aromatic hydroxyl groups is 1. The fraction of sp³-hybridized carbons (Fsp3) is 0.403. The summed E-state index contributed by atoms with van der Waals surface area (Å²) < 4.78 is 0. The quantitative estimate of drug-likeness (QED) is 0.0230. The van der Waals surface area contributed by atoms with Gasteiger partial charge in [-0.1, -0.05) is 92.7 Å². The van der Waals surface area contributed by atoms with Crippen LogP contribution in [0.25, 0.3) is 10.9 Å². The molecule has 36 nitrogen and oxygen atoms in total. The first-order chi connectivity index (χ1) is 51.2. The Balaban J connectivity index is 1.18. The number of aliphatic carboxylic acids is 5. The van der Waals surface area contributed by atoms with Gasteiger partial charge in [-0.2, -0.15) is 0 Å². The molecule has 578 valence electrons. The Labute approximate surface area is 617 Å². The number of aromatic nitrogens is 1. The molecule has 2 heterocycles. The van der Waals surface area contributed by atoms with Crippen LogP contribution in [-0.2, 0) is 89.6 Å². The minimum Gasteiger partial charge on any atom is -0.508 e. The van der Waals surface area contributed by atoms with Gasteiger partial charge in [0, 0.05) is 80.2 Å². The van der Waals surface area contributed by atoms with Gasteiger partial charge in [-0.15, -0.1) is 0 Å². The number of nitrogens with zero attached hydrogens (tertiary/aromatic N) is 2. The van der Waals surface area contributed by atoms with Crippen LogP contribution >= 0.6 is 0 Å². The lowest BCUT2D eigenvalue weighted by atomic mass is 10.0. The lowest BCUT2D eigenvalue weighted by Gasteiger charge is -2.27. The summed E-state index contributed by atoms with van der Waals surface area (Å²) in [6.07, 6.45) is -7.97. The van der Waals surface area contributed by atoms with E-state index in [1.807, 2.05) is 0 Å². The molecule has 19 N–H and O–H groups in total. The maximum Gasteiger partial charge on any atom is 0.303 e. The molecule has 0 bridgehead atoms. The summed E-state index contributed by atoms with van der Waals surface area (Å²) >= 11 is 0. The Bertz CT molecular complexity index is 4170. The second-order valence-electron chi connectivity index (χ2n) is 25.9. The van der Waals surface area contributed by atoms with Gasteiger partial charge in [0.25, 0.3) is 5.91 Å². The normalized spacial score (nSPS) is 15.0. The van der Waals surface area contributed by atoms with Gasteiger partial charge in [0.05, 0.1) is 24.0 Å². The number of carboxylic acids is 5. The number of aromatic amines is 1. The summed E-state index contributed by atoms with van der Waals surface area (Å²) in [6.45, 7) is 3.79. The third-order valence-corrected chi connectivity index (χ3v) is 17.1. The number of carbonyl (C=O) groups excluding carboxylic acids is 11. The van der Waals surface area contributed by atoms with Gasteiger partial charge in [-0.25, -0.2) is 4.99 Å². The Morgan fingerprint density at radius 2 is 0.926 bits per heavy atom. The van der Waals surface area contributed by atoms with Crippen molar-refractivity contribution in [3.05, 3.63) is 132 Å². The molecule has 36 heteroatoms. The molecule has 1 aliphatic heterocycles. The van der Waals surface area contributed by atoms with Crippen molar-refractivity contribution in [1.29, 1.82) is 0 Å². The fourth-order valence-corrected chi connectivity index (χ4v) is 11.4. The molecule has 4 aromatic carbocycles. The van der Waals surface area contributed by atoms with Crippen LogP contribution in [0, 0.1) is 5.92 Å². The minimum atomic E-state index is -2.01. The number of hydrogen-bond acceptors (Lipinski definition) is 19. The number of phenols is 1. The molecule has 1 unspecified atom stereocenters. The number of carboxylic acid groups (broad SMARTS) is 5. The first-order valence-electron chi connectivity index (χ1n) is 34.4. The van der Waals surface area contributed by atoms with Gasteiger partial charge in [0.2, 0.25) is 65.2 Å². The molecule has 1 aromatic heterocycles. The van der Waals surface area contributed by atoms with Crippen LogP contribution in [0.15, 0.2) is 114 Å². The van der Waals surface area contributed by atoms with Crippen LogP contribution in [0.4, 0.5) is 5.69 Å². The standard InChI is InChI=1S/C72H88N14O22/c1-37(2)32-45(73)64(100)78-48(23-28-57(91)92)67(103)80-50(25-30-59(95)96)69(105)82-51(26-31-60(97)98)70(106)81-49(24-29-58(93)94)68(104)79-47(22-27-56(89)90)66(102)76-38(3)63(99)83-52(33-39-18-20-42(87)21-19-39)65(101)75-36-55(88)77-53(34-41-35-74-46-16-10-8-14-43(41)46)71(107)85-62-72(108)86(4)54-17-11-9-15-44(54)61(84-62)40-12-6-5-7-13-40/h5-21,35,37-38,45,47-53,62,74,87H,22-34,36,73H2,1-4H3,(H,75,101)(H,76,102)(H,77,88)(H,78,100)(H,79,104)(H,80,103)(H,81,106)(H,82,105)(H,83,99)(H,85,107)(H,89,90)(H,91,92)(H,93,94)(H,95,96)(H,97,98)/t38-,45-,47-,48-,49-,50-,51-,52-,53-,62?/m0/s1. The van der Waals surface area contributed by atoms with Gasteiger partial charge >= 0.3 is 29.8 Å². The number of para-hydroxylation sites is 2. The highest BCUT2D eigenvalue weighted by Crippen LogP contribution is 2.28. The monoisotopic (exact) mass is 1500 g/mol. The van der Waals surface area contributed by atoms with E-state index in [1.54, 1.807) is 98.9 Å². The van der Waals surface area contributed by atoms with Crippen LogP contribution < -0.4 is 63.8 Å². The number of fused-ring (bicyclic) bond motifs is 2. The second-order valence-corrected chi connectivity index (χ2v) is 25.9. The van der Waals surface area contributed by atoms with Gasteiger partial charge in [0.1, 0.15) is 54.1 Å². The Morgan fingerprint density at radius 3 is 1.42 bits per heavy atom. The predicted octanol–water partition coefficient (Wildman–Crippen LogP) is -0.673. The van der Waals surface area contributed by atoms with Crippen LogP contribution in [0.2, 0.25) is 0 Å². The lowest BCUT2D eigenvalue weighted by molar-refractivity contribution is -0.141. The molecule has 10 atom stereocenters. The number of benzodiazepines with no additional fused rings is 1. The number of rotatable bonds is 42. The molecular formula is C72H88N14O22. The average molecular weight is 1500 g/mol. The number of anilines is 1. The van der Waals surface area contributed by atoms with Crippen molar-refractivity contribution in [3.63, 3.8) is 0 Å². The van der Waals surface area contributed by atoms with E-state index in [-0.39, 0.29) is 30.9 Å². The molecule has 108 heavy (non-hydrogen) atoms. The summed E-state index contributed by atoms with van der Waals surface area (Å²) in [4.78, 5) is 223. The van der Waals surface area contributed by atoms with Crippen molar-refractivity contribution in [1.82, 2.24) is 58.2 Å². The zero-order valence-corrected chi connectivity index (χ0v) is 59.3. The summed E-state index contributed by atoms with van der Waals surface area (Å²) in [7, 11) is 1.53. The van der Waals surface area contributed by atoms with E-state index in [0.29, 0.717) is 44.6 Å². The highest BCUT2D eigenvalue weighted by molar-refractivity contribution is 6.20. The minimum absolute atomic E-state index is 0.102. The van der Waals surface area contributed by atoms with Gasteiger partial charge < -0.3 is 99.4 Å². The molecule has 0 radical (unpaired) electrons. The third kappa shape index (κ3) is 26.2. The van der Waals surface area contributed by atoms with E-state index in [1.165, 1.54) is 36.2 Å². The maximum atomic E-state index is 14.6. The molecule has 1 aliphatic rings. The lowest BCUT2D eigenvalue weighted by Crippen LogP contribution is -2.60. The van der Waals surface area contributed by atoms with Crippen LogP contribution in [0.5, 0.6) is 5.75 Å². The Kier molecular flexibility index (Phi) is 31.7. The molecule has 5 aromatic rings. The number of phenolic OH excluding ortho intramolecular Hbond substituents is 1. The van der Waals surface area contributed by atoms with E-state index in [0.717, 1.165) is 6.92 Å². The van der Waals surface area contributed by atoms with E-state index in [2.05, 4.69) is 58.2 Å². The molecule has 6 rings (SSSR count). The van der Waals surface area contributed by atoms with E-state index >= 15 is 0 Å². The average Bonchev–Trinajstić information content (AvgIpc) is 1.63. The summed E-state index contributed by atoms with van der Waals surface area (Å²) in [5.74, 6) is -19.7. The summed E-state index contributed by atoms with van der Waals surface area (Å²) in [5, 5.41) is 82.4. The number of hydrogen-bond donors (Lipinski definition) is 18. The first-order valence-corrected chi connectivity index (χ1v) is 34.4. The number of H-pyrrole nitrogens is 1. The number of nitrogens with two attached hydrogens (primary N) is 1. The summed E-state index contributed by atoms with van der Waals surface area (Å²) in [6, 6.07) is 13.1. The molecular weight excluding hydrogens is 1410 g/mol. The largest absolute Gasteiger partial charge is 0.508 e. The first kappa shape index (κ1) is 84.3.